The van der Waals surface area contributed by atoms with Gasteiger partial charge in [0.2, 0.25) is 5.91 Å². The number of unbranched alkanes of at least 4 members (excludes halogenated alkanes) is 41. The normalized spacial score (nSPS) is 13.4. The number of aliphatic hydroxyl groups is 3. The Morgan fingerprint density at radius 2 is 0.651 bits per heavy atom. The summed E-state index contributed by atoms with van der Waals surface area (Å²) in [4.78, 5) is 12.5. The van der Waals surface area contributed by atoms with Crippen LogP contribution in [0.1, 0.15) is 316 Å². The molecule has 4 N–H and O–H groups in total. The molecule has 5 nitrogen and oxygen atoms in total. The lowest BCUT2D eigenvalue weighted by Gasteiger charge is -2.26. The Bertz CT molecular complexity index is 936. The maximum absolute atomic E-state index is 12.5. The molecule has 0 saturated carbocycles. The molecule has 0 saturated heterocycles. The quantitative estimate of drug-likeness (QED) is 0.0362. The summed E-state index contributed by atoms with van der Waals surface area (Å²) in [6.07, 6.45) is 67.8. The fourth-order valence-electron chi connectivity index (χ4n) is 9.12. The summed E-state index contributed by atoms with van der Waals surface area (Å²) >= 11 is 0. The average molecular weight is 889 g/mol. The Hall–Kier alpha value is -1.17. The van der Waals surface area contributed by atoms with E-state index in [4.69, 9.17) is 0 Å². The van der Waals surface area contributed by atoms with Crippen molar-refractivity contribution in [2.45, 2.75) is 334 Å². The Kier molecular flexibility index (Phi) is 52.5. The molecule has 374 valence electrons. The number of allylic oxidation sites excluding steroid dienone is 4. The van der Waals surface area contributed by atoms with Gasteiger partial charge in [-0.25, -0.2) is 0 Å². The topological polar surface area (TPSA) is 89.8 Å². The van der Waals surface area contributed by atoms with Crippen molar-refractivity contribution >= 4 is 5.91 Å². The van der Waals surface area contributed by atoms with Gasteiger partial charge in [0.05, 0.1) is 18.8 Å². The zero-order valence-electron chi connectivity index (χ0n) is 42.7. The van der Waals surface area contributed by atoms with E-state index in [1.807, 2.05) is 0 Å². The molecule has 3 unspecified atom stereocenters. The van der Waals surface area contributed by atoms with Gasteiger partial charge in [0.25, 0.3) is 0 Å². The van der Waals surface area contributed by atoms with Gasteiger partial charge in [-0.1, -0.05) is 282 Å². The summed E-state index contributed by atoms with van der Waals surface area (Å²) in [6, 6.07) is -0.830. The summed E-state index contributed by atoms with van der Waals surface area (Å²) in [5.74, 6) is -0.152. The Balaban J connectivity index is 3.50. The Morgan fingerprint density at radius 1 is 0.381 bits per heavy atom. The zero-order valence-corrected chi connectivity index (χ0v) is 42.7. The summed E-state index contributed by atoms with van der Waals surface area (Å²) in [7, 11) is 0. The Labute approximate surface area is 394 Å². The monoisotopic (exact) mass is 888 g/mol. The second-order valence-corrected chi connectivity index (χ2v) is 19.8. The van der Waals surface area contributed by atoms with Crippen LogP contribution in [0, 0.1) is 0 Å². The fourth-order valence-corrected chi connectivity index (χ4v) is 9.12. The molecule has 1 amide bonds. The standard InChI is InChI=1S/C58H113NO4/c1-3-5-7-9-11-13-15-17-19-21-22-23-24-25-26-27-28-29-30-31-32-33-34-35-37-39-41-43-45-47-49-51-53-57(62)59-55(54-60)58(63)56(61)52-50-48-46-44-42-40-38-36-20-18-16-14-12-10-8-6-4-2/h36,38,44,46,55-56,58,60-61,63H,3-35,37,39-43,45,47-54H2,1-2H3,(H,59,62)/b38-36+,46-44+. The minimum absolute atomic E-state index is 0.152. The van der Waals surface area contributed by atoms with E-state index in [1.165, 1.54) is 244 Å². The van der Waals surface area contributed by atoms with Crippen molar-refractivity contribution in [3.05, 3.63) is 24.3 Å². The molecule has 0 aliphatic rings. The van der Waals surface area contributed by atoms with Crippen molar-refractivity contribution in [3.63, 3.8) is 0 Å². The van der Waals surface area contributed by atoms with Crippen LogP contribution >= 0.6 is 0 Å². The van der Waals surface area contributed by atoms with Crippen LogP contribution in [-0.2, 0) is 4.79 Å². The van der Waals surface area contributed by atoms with E-state index in [9.17, 15) is 20.1 Å². The molecule has 0 spiro atoms. The van der Waals surface area contributed by atoms with Gasteiger partial charge in [0, 0.05) is 6.42 Å². The van der Waals surface area contributed by atoms with Gasteiger partial charge < -0.3 is 20.6 Å². The van der Waals surface area contributed by atoms with Gasteiger partial charge in [-0.05, 0) is 51.4 Å². The maximum Gasteiger partial charge on any atom is 0.220 e. The van der Waals surface area contributed by atoms with Crippen LogP contribution in [0.15, 0.2) is 24.3 Å². The van der Waals surface area contributed by atoms with Gasteiger partial charge in [-0.3, -0.25) is 4.79 Å². The predicted molar refractivity (Wildman–Crippen MR) is 278 cm³/mol. The number of carbonyl (C=O) groups excluding carboxylic acids is 1. The smallest absolute Gasteiger partial charge is 0.220 e. The highest BCUT2D eigenvalue weighted by atomic mass is 16.3. The van der Waals surface area contributed by atoms with Crippen LogP contribution in [0.2, 0.25) is 0 Å². The molecule has 0 fully saturated rings. The van der Waals surface area contributed by atoms with Crippen LogP contribution in [-0.4, -0.2) is 46.1 Å². The molecule has 0 aromatic rings. The van der Waals surface area contributed by atoms with Crippen LogP contribution in [0.3, 0.4) is 0 Å². The summed E-state index contributed by atoms with van der Waals surface area (Å²) in [5, 5.41) is 33.7. The van der Waals surface area contributed by atoms with Crippen molar-refractivity contribution in [2.75, 3.05) is 6.61 Å². The molecule has 3 atom stereocenters. The Morgan fingerprint density at radius 3 is 0.968 bits per heavy atom. The first kappa shape index (κ1) is 61.8. The maximum atomic E-state index is 12.5. The number of amides is 1. The van der Waals surface area contributed by atoms with E-state index in [-0.39, 0.29) is 12.5 Å². The van der Waals surface area contributed by atoms with Crippen LogP contribution in [0.4, 0.5) is 0 Å². The number of nitrogens with one attached hydrogen (secondary N) is 1. The van der Waals surface area contributed by atoms with Crippen molar-refractivity contribution in [3.8, 4) is 0 Å². The first-order valence-corrected chi connectivity index (χ1v) is 28.6. The van der Waals surface area contributed by atoms with Crippen molar-refractivity contribution in [1.82, 2.24) is 5.32 Å². The molecule has 0 bridgehead atoms. The van der Waals surface area contributed by atoms with E-state index in [0.717, 1.165) is 44.9 Å². The van der Waals surface area contributed by atoms with Gasteiger partial charge >= 0.3 is 0 Å². The summed E-state index contributed by atoms with van der Waals surface area (Å²) in [6.45, 7) is 4.19. The van der Waals surface area contributed by atoms with Crippen molar-refractivity contribution in [1.29, 1.82) is 0 Å². The number of hydrogen-bond acceptors (Lipinski definition) is 4. The molecule has 0 radical (unpaired) electrons. The molecule has 0 rings (SSSR count). The molecular formula is C58H113NO4. The SMILES string of the molecule is CCCCCCCCCC/C=C/CC/C=C/CCCC(O)C(O)C(CO)NC(=O)CCCCCCCCCCCCCCCCCCCCCCCCCCCCCCCCCC. The van der Waals surface area contributed by atoms with Crippen LogP contribution < -0.4 is 5.32 Å². The number of hydrogen-bond donors (Lipinski definition) is 4. The highest BCUT2D eigenvalue weighted by Crippen LogP contribution is 2.18. The fraction of sp³-hybridized carbons (Fsp3) is 0.914. The molecule has 0 heterocycles. The lowest BCUT2D eigenvalue weighted by molar-refractivity contribution is -0.124. The molecule has 0 aliphatic carbocycles. The van der Waals surface area contributed by atoms with E-state index in [0.29, 0.717) is 12.8 Å². The molecule has 0 aliphatic heterocycles. The third-order valence-electron chi connectivity index (χ3n) is 13.5. The van der Waals surface area contributed by atoms with Crippen molar-refractivity contribution in [2.24, 2.45) is 0 Å². The van der Waals surface area contributed by atoms with E-state index < -0.39 is 18.2 Å². The second kappa shape index (κ2) is 53.4. The van der Waals surface area contributed by atoms with E-state index in [2.05, 4.69) is 43.5 Å². The molecular weight excluding hydrogens is 775 g/mol. The predicted octanol–water partition coefficient (Wildman–Crippen LogP) is 17.7. The second-order valence-electron chi connectivity index (χ2n) is 19.8. The summed E-state index contributed by atoms with van der Waals surface area (Å²) in [5.41, 5.74) is 0. The highest BCUT2D eigenvalue weighted by Gasteiger charge is 2.26. The number of aliphatic hydroxyl groups excluding tert-OH is 3. The molecule has 0 aromatic heterocycles. The van der Waals surface area contributed by atoms with Gasteiger partial charge in [-0.2, -0.15) is 0 Å². The largest absolute Gasteiger partial charge is 0.394 e. The number of carbonyl (C=O) groups is 1. The van der Waals surface area contributed by atoms with E-state index >= 15 is 0 Å². The van der Waals surface area contributed by atoms with Gasteiger partial charge in [-0.15, -0.1) is 0 Å². The summed E-state index contributed by atoms with van der Waals surface area (Å²) < 4.78 is 0. The lowest BCUT2D eigenvalue weighted by atomic mass is 10.0. The number of rotatable bonds is 53. The van der Waals surface area contributed by atoms with Gasteiger partial charge in [0.1, 0.15) is 6.10 Å². The third kappa shape index (κ3) is 48.6. The first-order chi connectivity index (χ1) is 31.1. The van der Waals surface area contributed by atoms with Crippen molar-refractivity contribution < 1.29 is 20.1 Å². The third-order valence-corrected chi connectivity index (χ3v) is 13.5. The minimum Gasteiger partial charge on any atom is -0.394 e. The lowest BCUT2D eigenvalue weighted by Crippen LogP contribution is -2.50. The van der Waals surface area contributed by atoms with Crippen LogP contribution in [0.25, 0.3) is 0 Å². The highest BCUT2D eigenvalue weighted by molar-refractivity contribution is 5.76. The average Bonchev–Trinajstić information content (AvgIpc) is 3.29. The molecule has 63 heavy (non-hydrogen) atoms. The van der Waals surface area contributed by atoms with Gasteiger partial charge in [0.15, 0.2) is 0 Å². The molecule has 0 aromatic carbocycles. The van der Waals surface area contributed by atoms with Crippen LogP contribution in [0.5, 0.6) is 0 Å². The first-order valence-electron chi connectivity index (χ1n) is 28.6. The zero-order chi connectivity index (χ0) is 45.8. The minimum atomic E-state index is -1.16. The molecule has 5 heteroatoms. The van der Waals surface area contributed by atoms with E-state index in [1.54, 1.807) is 0 Å².